The van der Waals surface area contributed by atoms with Crippen molar-refractivity contribution in [3.05, 3.63) is 81.5 Å². The molecule has 2 N–H and O–H groups in total. The van der Waals surface area contributed by atoms with Crippen molar-refractivity contribution < 1.29 is 37.3 Å². The fourth-order valence-corrected chi connectivity index (χ4v) is 5.68. The molecule has 17 heteroatoms. The highest BCUT2D eigenvalue weighted by molar-refractivity contribution is 5.95. The van der Waals surface area contributed by atoms with E-state index in [1.54, 1.807) is 4.90 Å². The number of hydrogen-bond acceptors (Lipinski definition) is 10. The van der Waals surface area contributed by atoms with Gasteiger partial charge < -0.3 is 34.3 Å². The molecule has 0 saturated carbocycles. The highest BCUT2D eigenvalue weighted by atomic mass is 19.4. The molecule has 3 aromatic heterocycles. The van der Waals surface area contributed by atoms with E-state index in [1.807, 2.05) is 6.92 Å². The van der Waals surface area contributed by atoms with Gasteiger partial charge >= 0.3 is 6.18 Å². The Morgan fingerprint density at radius 1 is 1.10 bits per heavy atom. The van der Waals surface area contributed by atoms with Gasteiger partial charge in [0.1, 0.15) is 37.5 Å². The van der Waals surface area contributed by atoms with Crippen LogP contribution in [0.5, 0.6) is 5.75 Å². The molecular formula is C31H31F3N8O6. The molecule has 1 aromatic carbocycles. The molecule has 1 fully saturated rings. The van der Waals surface area contributed by atoms with Gasteiger partial charge in [-0.05, 0) is 49.2 Å². The number of benzene rings is 1. The number of fused-ring (bicyclic) bond motifs is 1. The number of amides is 2. The van der Waals surface area contributed by atoms with E-state index in [4.69, 9.17) is 9.47 Å². The van der Waals surface area contributed by atoms with E-state index < -0.39 is 29.1 Å². The van der Waals surface area contributed by atoms with Gasteiger partial charge in [-0.25, -0.2) is 4.98 Å². The number of piperazine rings is 1. The van der Waals surface area contributed by atoms with E-state index in [1.165, 1.54) is 47.0 Å². The molecule has 2 aliphatic heterocycles. The van der Waals surface area contributed by atoms with Crippen LogP contribution in [0.2, 0.25) is 0 Å². The van der Waals surface area contributed by atoms with Crippen LogP contribution in [0, 0.1) is 6.92 Å². The zero-order valence-electron chi connectivity index (χ0n) is 26.0. The Kier molecular flexibility index (Phi) is 8.68. The number of anilines is 2. The van der Waals surface area contributed by atoms with Crippen LogP contribution in [0.1, 0.15) is 40.1 Å². The summed E-state index contributed by atoms with van der Waals surface area (Å²) in [5, 5.41) is 17.2. The van der Waals surface area contributed by atoms with Crippen LogP contribution in [0.3, 0.4) is 0 Å². The number of aromatic hydroxyl groups is 1. The van der Waals surface area contributed by atoms with Gasteiger partial charge in [-0.15, -0.1) is 5.10 Å². The lowest BCUT2D eigenvalue weighted by Crippen LogP contribution is -2.51. The first-order valence-electron chi connectivity index (χ1n) is 15.1. The summed E-state index contributed by atoms with van der Waals surface area (Å²) < 4.78 is 53.2. The van der Waals surface area contributed by atoms with Crippen molar-refractivity contribution in [3.63, 3.8) is 0 Å². The molecule has 0 bridgehead atoms. The molecule has 5 heterocycles. The van der Waals surface area contributed by atoms with Gasteiger partial charge in [0.2, 0.25) is 23.3 Å². The van der Waals surface area contributed by atoms with E-state index in [9.17, 15) is 32.7 Å². The van der Waals surface area contributed by atoms with Crippen LogP contribution in [0.15, 0.2) is 47.6 Å². The normalized spacial score (nSPS) is 15.1. The molecule has 48 heavy (non-hydrogen) atoms. The topological polar surface area (TPSA) is 156 Å². The van der Waals surface area contributed by atoms with Gasteiger partial charge in [0.15, 0.2) is 5.69 Å². The minimum Gasteiger partial charge on any atom is -0.505 e. The van der Waals surface area contributed by atoms with Crippen LogP contribution in [-0.4, -0.2) is 85.4 Å². The van der Waals surface area contributed by atoms with Crippen molar-refractivity contribution in [2.45, 2.75) is 33.0 Å². The number of ether oxygens (including phenoxy) is 2. The minimum atomic E-state index is -4.53. The van der Waals surface area contributed by atoms with Crippen LogP contribution in [-0.2, 0) is 33.4 Å². The molecule has 0 unspecified atom stereocenters. The van der Waals surface area contributed by atoms with Crippen molar-refractivity contribution in [2.75, 3.05) is 49.6 Å². The molecule has 6 rings (SSSR count). The number of halogens is 3. The molecular weight excluding hydrogens is 637 g/mol. The standard InChI is InChI=1S/C31H31F3N8O6/c1-3-21-26(39-9-11-40(12-10-39)28(45)25-22(43)5-4-8-35-25)29(46)42-30(37-27(38-42)23-17-47-13-14-48-23)41(21)16-24(44)36-20-7-6-19(15-18(20)2)31(32,33)34/h4-8,15,17,43H,3,9-14,16H2,1-2H3,(H,36,44). The summed E-state index contributed by atoms with van der Waals surface area (Å²) in [5.41, 5.74) is -0.284. The SMILES string of the molecule is CCc1c(N2CCN(C(=O)c3ncccc3O)CC2)c(=O)n2nc(C3=COCCO3)nc2n1CC(=O)Nc1ccc(C(F)(F)F)cc1C. The number of rotatable bonds is 7. The summed E-state index contributed by atoms with van der Waals surface area (Å²) in [6, 6.07) is 5.93. The lowest BCUT2D eigenvalue weighted by molar-refractivity contribution is -0.137. The van der Waals surface area contributed by atoms with Crippen LogP contribution < -0.4 is 15.8 Å². The molecule has 0 radical (unpaired) electrons. The molecule has 0 aliphatic carbocycles. The van der Waals surface area contributed by atoms with Crippen molar-refractivity contribution in [1.29, 1.82) is 0 Å². The molecule has 2 amide bonds. The maximum atomic E-state index is 14.1. The first-order chi connectivity index (χ1) is 23.0. The summed E-state index contributed by atoms with van der Waals surface area (Å²) >= 11 is 0. The quantitative estimate of drug-likeness (QED) is 0.300. The number of pyridine rings is 1. The molecule has 2 aliphatic rings. The number of aryl methyl sites for hydroxylation is 1. The summed E-state index contributed by atoms with van der Waals surface area (Å²) in [4.78, 5) is 52.4. The van der Waals surface area contributed by atoms with E-state index in [0.29, 0.717) is 18.7 Å². The smallest absolute Gasteiger partial charge is 0.416 e. The van der Waals surface area contributed by atoms with Crippen molar-refractivity contribution in [3.8, 4) is 5.75 Å². The third-order valence-electron chi connectivity index (χ3n) is 8.03. The van der Waals surface area contributed by atoms with Gasteiger partial charge in [-0.2, -0.15) is 22.7 Å². The summed E-state index contributed by atoms with van der Waals surface area (Å²) in [6.45, 7) is 4.39. The molecule has 252 valence electrons. The van der Waals surface area contributed by atoms with Gasteiger partial charge in [0, 0.05) is 38.1 Å². The maximum absolute atomic E-state index is 14.1. The van der Waals surface area contributed by atoms with Crippen LogP contribution >= 0.6 is 0 Å². The van der Waals surface area contributed by atoms with Crippen molar-refractivity contribution in [2.24, 2.45) is 0 Å². The van der Waals surface area contributed by atoms with Gasteiger partial charge in [0.25, 0.3) is 11.5 Å². The zero-order chi connectivity index (χ0) is 34.2. The highest BCUT2D eigenvalue weighted by Gasteiger charge is 2.32. The molecule has 1 saturated heterocycles. The number of nitrogens with zero attached hydrogens (tertiary/aromatic N) is 7. The third kappa shape index (κ3) is 6.22. The Balaban J connectivity index is 1.35. The highest BCUT2D eigenvalue weighted by Crippen LogP contribution is 2.32. The number of carbonyl (C=O) groups is 2. The zero-order valence-corrected chi connectivity index (χ0v) is 26.0. The molecule has 0 atom stereocenters. The number of alkyl halides is 3. The minimum absolute atomic E-state index is 0.0457. The number of carbonyl (C=O) groups excluding carboxylic acids is 2. The Hall–Kier alpha value is -5.61. The van der Waals surface area contributed by atoms with E-state index in [2.05, 4.69) is 20.4 Å². The Morgan fingerprint density at radius 3 is 2.52 bits per heavy atom. The summed E-state index contributed by atoms with van der Waals surface area (Å²) in [5.74, 6) is -0.953. The van der Waals surface area contributed by atoms with Gasteiger partial charge in [0.05, 0.1) is 11.3 Å². The molecule has 0 spiro atoms. The second-order valence-corrected chi connectivity index (χ2v) is 11.1. The van der Waals surface area contributed by atoms with E-state index in [0.717, 1.165) is 16.6 Å². The van der Waals surface area contributed by atoms with Crippen LogP contribution in [0.25, 0.3) is 11.5 Å². The van der Waals surface area contributed by atoms with Crippen molar-refractivity contribution >= 4 is 34.7 Å². The number of aromatic nitrogens is 5. The summed E-state index contributed by atoms with van der Waals surface area (Å²) in [7, 11) is 0. The fourth-order valence-electron chi connectivity index (χ4n) is 5.68. The first kappa shape index (κ1) is 32.3. The second-order valence-electron chi connectivity index (χ2n) is 11.1. The van der Waals surface area contributed by atoms with Gasteiger partial charge in [-0.1, -0.05) is 6.92 Å². The number of hydrogen-bond donors (Lipinski definition) is 2. The predicted octanol–water partition coefficient (Wildman–Crippen LogP) is 2.83. The van der Waals surface area contributed by atoms with E-state index >= 15 is 0 Å². The first-order valence-corrected chi connectivity index (χ1v) is 15.1. The average Bonchev–Trinajstić information content (AvgIpc) is 3.53. The average molecular weight is 669 g/mol. The lowest BCUT2D eigenvalue weighted by Gasteiger charge is -2.36. The Bertz CT molecular complexity index is 1980. The predicted molar refractivity (Wildman–Crippen MR) is 165 cm³/mol. The van der Waals surface area contributed by atoms with Crippen molar-refractivity contribution in [1.82, 2.24) is 29.0 Å². The van der Waals surface area contributed by atoms with Gasteiger partial charge in [-0.3, -0.25) is 14.4 Å². The molecule has 4 aromatic rings. The van der Waals surface area contributed by atoms with Crippen LogP contribution in [0.4, 0.5) is 24.5 Å². The third-order valence-corrected chi connectivity index (χ3v) is 8.03. The fraction of sp³-hybridized carbons (Fsp3) is 0.355. The maximum Gasteiger partial charge on any atom is 0.416 e. The second kappa shape index (κ2) is 12.9. The molecule has 14 nitrogen and oxygen atoms in total. The largest absolute Gasteiger partial charge is 0.505 e. The van der Waals surface area contributed by atoms with E-state index in [-0.39, 0.29) is 85.1 Å². The monoisotopic (exact) mass is 668 g/mol. The Morgan fingerprint density at radius 2 is 1.88 bits per heavy atom. The Labute approximate surface area is 271 Å². The summed E-state index contributed by atoms with van der Waals surface area (Å²) in [6.07, 6.45) is -1.49. The number of nitrogens with one attached hydrogen (secondary N) is 1. The lowest BCUT2D eigenvalue weighted by atomic mass is 10.1.